The lowest BCUT2D eigenvalue weighted by Crippen LogP contribution is -2.20. The van der Waals surface area contributed by atoms with Gasteiger partial charge >= 0.3 is 6.03 Å². The fourth-order valence-corrected chi connectivity index (χ4v) is 1.85. The summed E-state index contributed by atoms with van der Waals surface area (Å²) in [5, 5.41) is 11.1. The molecule has 5 nitrogen and oxygen atoms in total. The van der Waals surface area contributed by atoms with E-state index in [0.29, 0.717) is 21.7 Å². The monoisotopic (exact) mass is 272 g/mol. The van der Waals surface area contributed by atoms with Crippen molar-refractivity contribution in [2.45, 2.75) is 0 Å². The molecule has 19 heavy (non-hydrogen) atoms. The van der Waals surface area contributed by atoms with Crippen molar-refractivity contribution in [2.75, 3.05) is 5.32 Å². The van der Waals surface area contributed by atoms with Crippen molar-refractivity contribution in [1.29, 1.82) is 0 Å². The van der Waals surface area contributed by atoms with Crippen molar-refractivity contribution in [2.24, 2.45) is 0 Å². The van der Waals surface area contributed by atoms with E-state index in [4.69, 9.17) is 11.6 Å². The van der Waals surface area contributed by atoms with Crippen molar-refractivity contribution in [3.8, 4) is 0 Å². The van der Waals surface area contributed by atoms with Crippen LogP contribution in [-0.4, -0.2) is 21.0 Å². The molecule has 1 amide bonds. The quantitative estimate of drug-likeness (QED) is 0.740. The number of nitrogens with one attached hydrogen (secondary N) is 1. The van der Waals surface area contributed by atoms with Crippen LogP contribution in [0.15, 0.2) is 48.5 Å². The number of carbonyl (C=O) groups is 1. The minimum absolute atomic E-state index is 0.365. The van der Waals surface area contributed by atoms with Gasteiger partial charge in [0.15, 0.2) is 0 Å². The standard InChI is InChI=1S/C13H9ClN4O/c14-9-5-7-10(8-6-9)15-13(19)18-12-4-2-1-3-11(12)16-17-18/h1-8H,(H,15,19). The summed E-state index contributed by atoms with van der Waals surface area (Å²) in [5.41, 5.74) is 1.98. The molecule has 0 bridgehead atoms. The third-order valence-corrected chi connectivity index (χ3v) is 2.89. The van der Waals surface area contributed by atoms with Gasteiger partial charge in [-0.25, -0.2) is 4.79 Å². The van der Waals surface area contributed by atoms with Crippen molar-refractivity contribution in [3.05, 3.63) is 53.6 Å². The summed E-state index contributed by atoms with van der Waals surface area (Å²) in [6.07, 6.45) is 0. The first-order valence-corrected chi connectivity index (χ1v) is 5.99. The molecule has 3 aromatic rings. The fraction of sp³-hybridized carbons (Fsp3) is 0. The minimum atomic E-state index is -0.365. The number of halogens is 1. The Kier molecular flexibility index (Phi) is 2.89. The van der Waals surface area contributed by atoms with E-state index < -0.39 is 0 Å². The zero-order chi connectivity index (χ0) is 13.2. The highest BCUT2D eigenvalue weighted by Gasteiger charge is 2.11. The molecule has 0 atom stereocenters. The number of hydrogen-bond donors (Lipinski definition) is 1. The Morgan fingerprint density at radius 1 is 1.11 bits per heavy atom. The van der Waals surface area contributed by atoms with E-state index in [1.165, 1.54) is 4.68 Å². The minimum Gasteiger partial charge on any atom is -0.306 e. The van der Waals surface area contributed by atoms with E-state index in [9.17, 15) is 4.79 Å². The van der Waals surface area contributed by atoms with Gasteiger partial charge in [0, 0.05) is 10.7 Å². The molecule has 0 unspecified atom stereocenters. The van der Waals surface area contributed by atoms with Gasteiger partial charge in [-0.2, -0.15) is 4.68 Å². The molecule has 1 heterocycles. The number of carbonyl (C=O) groups excluding carboxylic acids is 1. The van der Waals surface area contributed by atoms with E-state index in [1.54, 1.807) is 36.4 Å². The zero-order valence-electron chi connectivity index (χ0n) is 9.75. The van der Waals surface area contributed by atoms with Crippen LogP contribution in [0.3, 0.4) is 0 Å². The van der Waals surface area contributed by atoms with Crippen LogP contribution in [0.5, 0.6) is 0 Å². The van der Waals surface area contributed by atoms with E-state index in [0.717, 1.165) is 0 Å². The summed E-state index contributed by atoms with van der Waals surface area (Å²) in [6, 6.07) is 13.8. The molecule has 0 spiro atoms. The second-order valence-corrected chi connectivity index (χ2v) is 4.36. The van der Waals surface area contributed by atoms with E-state index in [1.807, 2.05) is 12.1 Å². The zero-order valence-corrected chi connectivity index (χ0v) is 10.5. The molecular weight excluding hydrogens is 264 g/mol. The summed E-state index contributed by atoms with van der Waals surface area (Å²) in [6.45, 7) is 0. The predicted octanol–water partition coefficient (Wildman–Crippen LogP) is 3.16. The molecular formula is C13H9ClN4O. The lowest BCUT2D eigenvalue weighted by atomic mass is 10.3. The van der Waals surface area contributed by atoms with Gasteiger partial charge in [0.05, 0.1) is 5.52 Å². The summed E-state index contributed by atoms with van der Waals surface area (Å²) >= 11 is 5.79. The number of aromatic nitrogens is 3. The second-order valence-electron chi connectivity index (χ2n) is 3.93. The van der Waals surface area contributed by atoms with Crippen LogP contribution in [0, 0.1) is 0 Å². The molecule has 0 saturated carbocycles. The highest BCUT2D eigenvalue weighted by atomic mass is 35.5. The first-order chi connectivity index (χ1) is 9.24. The molecule has 0 fully saturated rings. The highest BCUT2D eigenvalue weighted by Crippen LogP contribution is 2.15. The molecule has 1 aromatic heterocycles. The van der Waals surface area contributed by atoms with Gasteiger partial charge in [-0.15, -0.1) is 5.10 Å². The van der Waals surface area contributed by atoms with Crippen molar-refractivity contribution >= 4 is 34.4 Å². The smallest absolute Gasteiger partial charge is 0.306 e. The predicted molar refractivity (Wildman–Crippen MR) is 73.4 cm³/mol. The maximum absolute atomic E-state index is 12.1. The molecule has 3 rings (SSSR count). The second kappa shape index (κ2) is 4.70. The number of anilines is 1. The Labute approximate surface area is 113 Å². The number of fused-ring (bicyclic) bond motifs is 1. The summed E-state index contributed by atoms with van der Waals surface area (Å²) < 4.78 is 1.23. The molecule has 6 heteroatoms. The molecule has 0 saturated heterocycles. The van der Waals surface area contributed by atoms with Crippen LogP contribution in [0.2, 0.25) is 5.02 Å². The summed E-state index contributed by atoms with van der Waals surface area (Å²) in [4.78, 5) is 12.1. The first kappa shape index (κ1) is 11.7. The third kappa shape index (κ3) is 2.28. The number of hydrogen-bond acceptors (Lipinski definition) is 3. The average molecular weight is 273 g/mol. The molecule has 0 aliphatic rings. The van der Waals surface area contributed by atoms with Gasteiger partial charge < -0.3 is 5.32 Å². The van der Waals surface area contributed by atoms with Crippen LogP contribution in [0.25, 0.3) is 11.0 Å². The number of amides is 1. The number of para-hydroxylation sites is 1. The summed E-state index contributed by atoms with van der Waals surface area (Å²) in [7, 11) is 0. The van der Waals surface area contributed by atoms with Crippen molar-refractivity contribution in [3.63, 3.8) is 0 Å². The molecule has 0 radical (unpaired) electrons. The molecule has 0 aliphatic heterocycles. The molecule has 2 aromatic carbocycles. The largest absolute Gasteiger partial charge is 0.348 e. The molecule has 0 aliphatic carbocycles. The number of rotatable bonds is 1. The van der Waals surface area contributed by atoms with E-state index in [-0.39, 0.29) is 6.03 Å². The third-order valence-electron chi connectivity index (χ3n) is 2.64. The number of benzene rings is 2. The van der Waals surface area contributed by atoms with Gasteiger partial charge in [-0.05, 0) is 36.4 Å². The average Bonchev–Trinajstić information content (AvgIpc) is 2.85. The highest BCUT2D eigenvalue weighted by molar-refractivity contribution is 6.30. The van der Waals surface area contributed by atoms with Crippen LogP contribution in [0.4, 0.5) is 10.5 Å². The lowest BCUT2D eigenvalue weighted by Gasteiger charge is -2.04. The van der Waals surface area contributed by atoms with Gasteiger partial charge in [-0.3, -0.25) is 0 Å². The summed E-state index contributed by atoms with van der Waals surface area (Å²) in [5.74, 6) is 0. The van der Waals surface area contributed by atoms with Crippen molar-refractivity contribution in [1.82, 2.24) is 15.0 Å². The maximum atomic E-state index is 12.1. The topological polar surface area (TPSA) is 59.8 Å². The Morgan fingerprint density at radius 3 is 2.63 bits per heavy atom. The van der Waals surface area contributed by atoms with Crippen LogP contribution in [0.1, 0.15) is 0 Å². The van der Waals surface area contributed by atoms with Crippen LogP contribution >= 0.6 is 11.6 Å². The molecule has 94 valence electrons. The SMILES string of the molecule is O=C(Nc1ccc(Cl)cc1)n1nnc2ccccc21. The van der Waals surface area contributed by atoms with Crippen LogP contribution in [-0.2, 0) is 0 Å². The Morgan fingerprint density at radius 2 is 1.84 bits per heavy atom. The Bertz CT molecular complexity index is 736. The maximum Gasteiger partial charge on any atom is 0.348 e. The van der Waals surface area contributed by atoms with Crippen molar-refractivity contribution < 1.29 is 4.79 Å². The van der Waals surface area contributed by atoms with Crippen LogP contribution < -0.4 is 5.32 Å². The van der Waals surface area contributed by atoms with Gasteiger partial charge in [0.1, 0.15) is 5.52 Å². The molecule has 1 N–H and O–H groups in total. The lowest BCUT2D eigenvalue weighted by molar-refractivity contribution is 0.251. The van der Waals surface area contributed by atoms with Gasteiger partial charge in [-0.1, -0.05) is 28.9 Å². The fourth-order valence-electron chi connectivity index (χ4n) is 1.73. The normalized spacial score (nSPS) is 10.6. The number of nitrogens with zero attached hydrogens (tertiary/aromatic N) is 3. The Balaban J connectivity index is 1.90. The Hall–Kier alpha value is -2.40. The van der Waals surface area contributed by atoms with E-state index >= 15 is 0 Å². The van der Waals surface area contributed by atoms with Gasteiger partial charge in [0.2, 0.25) is 0 Å². The van der Waals surface area contributed by atoms with Gasteiger partial charge in [0.25, 0.3) is 0 Å². The van der Waals surface area contributed by atoms with E-state index in [2.05, 4.69) is 15.6 Å². The first-order valence-electron chi connectivity index (χ1n) is 5.61.